The van der Waals surface area contributed by atoms with Crippen LogP contribution in [0.25, 0.3) is 16.9 Å². The predicted octanol–water partition coefficient (Wildman–Crippen LogP) is 1.66. The molecule has 2 amide bonds. The number of fused-ring (bicyclic) bond motifs is 3. The van der Waals surface area contributed by atoms with Gasteiger partial charge in [0.1, 0.15) is 22.8 Å². The average Bonchev–Trinajstić information content (AvgIpc) is 2.90. The lowest BCUT2D eigenvalue weighted by Crippen LogP contribution is -2.65. The molecule has 2 aromatic carbocycles. The largest absolute Gasteiger partial charge is 0.508 e. The first kappa shape index (κ1) is 29.8. The summed E-state index contributed by atoms with van der Waals surface area (Å²) in [7, 11) is 6.69. The van der Waals surface area contributed by atoms with Crippen LogP contribution in [-0.4, -0.2) is 88.5 Å². The molecule has 1 fully saturated rings. The minimum atomic E-state index is -2.71. The molecule has 0 saturated heterocycles. The van der Waals surface area contributed by atoms with E-state index in [9.17, 15) is 39.6 Å². The maximum atomic E-state index is 14.1. The molecule has 0 aromatic heterocycles. The van der Waals surface area contributed by atoms with Gasteiger partial charge in [-0.1, -0.05) is 12.1 Å². The Balaban J connectivity index is 1.75. The Morgan fingerprint density at radius 2 is 1.74 bits per heavy atom. The van der Waals surface area contributed by atoms with E-state index in [-0.39, 0.29) is 35.6 Å². The van der Waals surface area contributed by atoms with E-state index >= 15 is 0 Å². The molecule has 5 rings (SSSR count). The fraction of sp³-hybridized carbons (Fsp3) is 0.355. The number of hydrogen-bond donors (Lipinski definition) is 6. The molecule has 3 aliphatic carbocycles. The molecular weight excluding hydrogens is 556 g/mol. The van der Waals surface area contributed by atoms with Crippen molar-refractivity contribution in [3.63, 3.8) is 0 Å². The van der Waals surface area contributed by atoms with Gasteiger partial charge in [0.2, 0.25) is 11.7 Å². The van der Waals surface area contributed by atoms with E-state index < -0.39 is 58.0 Å². The number of rotatable bonds is 5. The van der Waals surface area contributed by atoms with E-state index in [0.29, 0.717) is 28.1 Å². The number of nitrogens with one attached hydrogen (secondary N) is 1. The first-order valence-electron chi connectivity index (χ1n) is 13.7. The smallest absolute Gasteiger partial charge is 0.255 e. The van der Waals surface area contributed by atoms with Crippen LogP contribution in [0.4, 0.5) is 11.4 Å². The summed E-state index contributed by atoms with van der Waals surface area (Å²) in [4.78, 5) is 54.5. The number of benzene rings is 2. The van der Waals surface area contributed by atoms with E-state index in [1.165, 1.54) is 11.8 Å². The van der Waals surface area contributed by atoms with Crippen molar-refractivity contribution >= 4 is 40.5 Å². The van der Waals surface area contributed by atoms with E-state index in [1.807, 2.05) is 0 Å². The molecule has 0 heterocycles. The van der Waals surface area contributed by atoms with E-state index in [4.69, 9.17) is 5.73 Å². The van der Waals surface area contributed by atoms with E-state index in [1.54, 1.807) is 63.4 Å². The van der Waals surface area contributed by atoms with Crippen LogP contribution >= 0.6 is 0 Å². The molecule has 0 aliphatic heterocycles. The zero-order valence-electron chi connectivity index (χ0n) is 24.4. The van der Waals surface area contributed by atoms with Gasteiger partial charge in [-0.2, -0.15) is 0 Å². The molecule has 1 saturated carbocycles. The number of aliphatic hydroxyl groups excluding tert-OH is 2. The summed E-state index contributed by atoms with van der Waals surface area (Å²) in [5.41, 5.74) is 4.10. The average molecular weight is 591 g/mol. The van der Waals surface area contributed by atoms with Gasteiger partial charge in [-0.3, -0.25) is 24.1 Å². The van der Waals surface area contributed by atoms with Crippen LogP contribution in [0.2, 0.25) is 0 Å². The third-order valence-electron chi connectivity index (χ3n) is 8.67. The van der Waals surface area contributed by atoms with Gasteiger partial charge in [-0.15, -0.1) is 0 Å². The number of likely N-dealkylation sites (N-methyl/N-ethyl adjacent to an activating group) is 1. The number of nitrogens with two attached hydrogens (primary N) is 1. The van der Waals surface area contributed by atoms with Crippen molar-refractivity contribution in [3.8, 4) is 16.9 Å². The summed E-state index contributed by atoms with van der Waals surface area (Å²) in [5.74, 6) is -7.31. The van der Waals surface area contributed by atoms with E-state index in [0.717, 1.165) is 0 Å². The number of carbonyl (C=O) groups excluding carboxylic acids is 4. The first-order chi connectivity index (χ1) is 20.1. The van der Waals surface area contributed by atoms with Crippen LogP contribution in [0.3, 0.4) is 0 Å². The number of hydrogen-bond acceptors (Lipinski definition) is 10. The number of aliphatic hydroxyl groups is 3. The highest BCUT2D eigenvalue weighted by Gasteiger charge is 2.64. The molecular formula is C31H34N4O8. The topological polar surface area (TPSA) is 194 Å². The van der Waals surface area contributed by atoms with Crippen LogP contribution in [0.15, 0.2) is 47.2 Å². The lowest BCUT2D eigenvalue weighted by atomic mass is 9.57. The van der Waals surface area contributed by atoms with Crippen molar-refractivity contribution in [2.75, 3.05) is 38.4 Å². The van der Waals surface area contributed by atoms with Crippen LogP contribution in [0, 0.1) is 11.8 Å². The summed E-state index contributed by atoms with van der Waals surface area (Å²) in [6, 6.07) is 7.35. The molecule has 7 N–H and O–H groups in total. The van der Waals surface area contributed by atoms with Crippen molar-refractivity contribution in [1.29, 1.82) is 0 Å². The number of anilines is 2. The predicted molar refractivity (Wildman–Crippen MR) is 158 cm³/mol. The summed E-state index contributed by atoms with van der Waals surface area (Å²) in [5, 5.41) is 48.9. The molecule has 0 spiro atoms. The van der Waals surface area contributed by atoms with Crippen molar-refractivity contribution in [2.24, 2.45) is 17.6 Å². The quantitative estimate of drug-likeness (QED) is 0.279. The Morgan fingerprint density at radius 3 is 2.33 bits per heavy atom. The number of aromatic hydroxyl groups is 1. The highest BCUT2D eigenvalue weighted by molar-refractivity contribution is 6.24. The lowest BCUT2D eigenvalue weighted by molar-refractivity contribution is -0.153. The number of Topliss-reactive ketones (excluding diaryl/α,β-unsaturated/α-hetero) is 2. The molecule has 12 nitrogen and oxygen atoms in total. The van der Waals surface area contributed by atoms with E-state index in [2.05, 4.69) is 5.32 Å². The van der Waals surface area contributed by atoms with Crippen molar-refractivity contribution < 1.29 is 39.6 Å². The fourth-order valence-electron chi connectivity index (χ4n) is 6.88. The molecule has 12 heteroatoms. The first-order valence-corrected chi connectivity index (χ1v) is 13.7. The van der Waals surface area contributed by atoms with Crippen LogP contribution < -0.4 is 16.0 Å². The molecule has 43 heavy (non-hydrogen) atoms. The second kappa shape index (κ2) is 10.2. The molecule has 0 bridgehead atoms. The van der Waals surface area contributed by atoms with Gasteiger partial charge in [0.05, 0.1) is 11.6 Å². The van der Waals surface area contributed by atoms with Gasteiger partial charge in [0.25, 0.3) is 5.91 Å². The number of nitrogens with zero attached hydrogens (tertiary/aromatic N) is 2. The lowest BCUT2D eigenvalue weighted by Gasteiger charge is -2.50. The Labute approximate surface area is 247 Å². The second-order valence-electron chi connectivity index (χ2n) is 11.8. The van der Waals surface area contributed by atoms with Crippen LogP contribution in [0.1, 0.15) is 24.5 Å². The molecule has 226 valence electrons. The monoisotopic (exact) mass is 590 g/mol. The fourth-order valence-corrected chi connectivity index (χ4v) is 6.88. The normalized spacial score (nSPS) is 24.9. The number of amides is 2. The zero-order chi connectivity index (χ0) is 31.7. The summed E-state index contributed by atoms with van der Waals surface area (Å²) in [6.45, 7) is 1.37. The van der Waals surface area contributed by atoms with Crippen LogP contribution in [0.5, 0.6) is 5.75 Å². The Kier molecular flexibility index (Phi) is 7.10. The second-order valence-corrected chi connectivity index (χ2v) is 11.8. The molecule has 0 radical (unpaired) electrons. The summed E-state index contributed by atoms with van der Waals surface area (Å²) in [6.07, 6.45) is 0.168. The standard InChI is InChI=1S/C31H34N4O8/c1-13(36)33-16-8-6-7-14(9-16)17-12-20(34(2)3)18-10-15-11-19-24(35(4)5)27(39)23(30(32)42)29(41)31(19,43)28(40)21(15)26(38)22(18)25(17)37/h6-9,12,15,19,24,37-38,41,43H,10-11H2,1-5H3,(H2,32,42)(H,33,36)/t15-,19-,24-,31-/m1/s1. The number of ketones is 2. The summed E-state index contributed by atoms with van der Waals surface area (Å²) >= 11 is 0. The van der Waals surface area contributed by atoms with Gasteiger partial charge in [0.15, 0.2) is 11.4 Å². The van der Waals surface area contributed by atoms with Gasteiger partial charge < -0.3 is 36.4 Å². The Morgan fingerprint density at radius 1 is 1.07 bits per heavy atom. The molecule has 4 atom stereocenters. The summed E-state index contributed by atoms with van der Waals surface area (Å²) < 4.78 is 0. The van der Waals surface area contributed by atoms with Crippen molar-refractivity contribution in [2.45, 2.75) is 31.4 Å². The Hall–Kier alpha value is -4.68. The van der Waals surface area contributed by atoms with Crippen LogP contribution in [-0.2, 0) is 25.6 Å². The third-order valence-corrected chi connectivity index (χ3v) is 8.67. The minimum Gasteiger partial charge on any atom is -0.508 e. The number of carbonyl (C=O) groups is 4. The third kappa shape index (κ3) is 4.36. The number of primary amides is 1. The maximum absolute atomic E-state index is 14.1. The zero-order valence-corrected chi connectivity index (χ0v) is 24.4. The number of phenolic OH excluding ortho intramolecular Hbond substituents is 1. The maximum Gasteiger partial charge on any atom is 0.255 e. The molecule has 2 aromatic rings. The SMILES string of the molecule is CC(=O)Nc1cccc(-c2cc(N(C)C)c3c(c2O)C(O)=C2C(=O)[C@@]4(O)C(O)=C(C(N)=O)C(=O)[C@H](N(C)C)[C@H]4C[C@H]2C3)c1. The van der Waals surface area contributed by atoms with Gasteiger partial charge >= 0.3 is 0 Å². The molecule has 3 aliphatic rings. The van der Waals surface area contributed by atoms with Crippen molar-refractivity contribution in [1.82, 2.24) is 4.90 Å². The minimum absolute atomic E-state index is 0.0000944. The molecule has 0 unspecified atom stereocenters. The highest BCUT2D eigenvalue weighted by Crippen LogP contribution is 2.55. The van der Waals surface area contributed by atoms with Gasteiger partial charge in [0, 0.05) is 49.4 Å². The van der Waals surface area contributed by atoms with Gasteiger partial charge in [-0.25, -0.2) is 0 Å². The Bertz CT molecular complexity index is 1670. The van der Waals surface area contributed by atoms with Gasteiger partial charge in [-0.05, 0) is 62.2 Å². The number of phenols is 1. The van der Waals surface area contributed by atoms with Crippen molar-refractivity contribution in [3.05, 3.63) is 58.4 Å². The highest BCUT2D eigenvalue weighted by atomic mass is 16.3.